The number of unbranched alkanes of at least 4 members (excludes halogenated alkanes) is 7. The number of aliphatic imine (C=N–C) groups is 1. The number of hydrogen-bond acceptors (Lipinski definition) is 4. The molecule has 0 radical (unpaired) electrons. The highest BCUT2D eigenvalue weighted by molar-refractivity contribution is 6.11. The molecule has 0 aromatic heterocycles. The zero-order chi connectivity index (χ0) is 23.3. The number of hydrogen-bond donors (Lipinski definition) is 0. The van der Waals surface area contributed by atoms with Crippen molar-refractivity contribution in [2.45, 2.75) is 65.2 Å². The van der Waals surface area contributed by atoms with E-state index in [1.54, 1.807) is 6.08 Å². The van der Waals surface area contributed by atoms with Gasteiger partial charge in [0.05, 0.1) is 6.61 Å². The zero-order valence-corrected chi connectivity index (χ0v) is 19.9. The number of esters is 1. The Morgan fingerprint density at radius 2 is 1.58 bits per heavy atom. The van der Waals surface area contributed by atoms with E-state index in [2.05, 4.69) is 11.9 Å². The number of carbonyl (C=O) groups is 1. The first kappa shape index (κ1) is 24.5. The van der Waals surface area contributed by atoms with Gasteiger partial charge in [0.1, 0.15) is 5.75 Å². The summed E-state index contributed by atoms with van der Waals surface area (Å²) < 4.78 is 11.2. The summed E-state index contributed by atoms with van der Waals surface area (Å²) >= 11 is 0. The van der Waals surface area contributed by atoms with Crippen LogP contribution in [0.5, 0.6) is 5.75 Å². The van der Waals surface area contributed by atoms with E-state index in [1.807, 2.05) is 67.6 Å². The lowest BCUT2D eigenvalue weighted by molar-refractivity contribution is -0.130. The third kappa shape index (κ3) is 8.38. The van der Waals surface area contributed by atoms with Gasteiger partial charge >= 0.3 is 5.97 Å². The van der Waals surface area contributed by atoms with Gasteiger partial charge in [0, 0.05) is 5.56 Å². The van der Waals surface area contributed by atoms with Crippen LogP contribution < -0.4 is 4.74 Å². The fourth-order valence-corrected chi connectivity index (χ4v) is 3.72. The molecule has 2 aromatic rings. The van der Waals surface area contributed by atoms with Crippen LogP contribution in [0.1, 0.15) is 76.3 Å². The second kappa shape index (κ2) is 13.4. The van der Waals surface area contributed by atoms with E-state index in [9.17, 15) is 4.79 Å². The van der Waals surface area contributed by atoms with Crippen molar-refractivity contribution in [2.24, 2.45) is 4.99 Å². The van der Waals surface area contributed by atoms with Crippen LogP contribution in [0.3, 0.4) is 0 Å². The molecule has 1 aliphatic rings. The molecule has 2 aromatic carbocycles. The van der Waals surface area contributed by atoms with Gasteiger partial charge in [0.15, 0.2) is 5.70 Å². The molecule has 33 heavy (non-hydrogen) atoms. The fourth-order valence-electron chi connectivity index (χ4n) is 3.72. The predicted molar refractivity (Wildman–Crippen MR) is 135 cm³/mol. The van der Waals surface area contributed by atoms with Crippen LogP contribution in [-0.2, 0) is 9.53 Å². The van der Waals surface area contributed by atoms with Crippen LogP contribution in [0.2, 0.25) is 0 Å². The molecule has 0 aliphatic carbocycles. The maximum atomic E-state index is 12.3. The topological polar surface area (TPSA) is 47.9 Å². The molecule has 0 bridgehead atoms. The molecule has 4 heteroatoms. The summed E-state index contributed by atoms with van der Waals surface area (Å²) in [6.45, 7) is 4.92. The van der Waals surface area contributed by atoms with E-state index in [0.29, 0.717) is 11.6 Å². The number of rotatable bonds is 13. The van der Waals surface area contributed by atoms with Crippen molar-refractivity contribution < 1.29 is 14.3 Å². The smallest absolute Gasteiger partial charge is 0.363 e. The van der Waals surface area contributed by atoms with Gasteiger partial charge in [-0.3, -0.25) is 0 Å². The number of cyclic esters (lactones) is 1. The third-order valence-corrected chi connectivity index (χ3v) is 5.55. The molecule has 4 nitrogen and oxygen atoms in total. The summed E-state index contributed by atoms with van der Waals surface area (Å²) in [5.41, 5.74) is 3.08. The van der Waals surface area contributed by atoms with Gasteiger partial charge in [0.25, 0.3) is 0 Å². The fraction of sp³-hybridized carbons (Fsp3) is 0.379. The van der Waals surface area contributed by atoms with Crippen LogP contribution in [-0.4, -0.2) is 18.5 Å². The lowest BCUT2D eigenvalue weighted by Crippen LogP contribution is -2.05. The number of ether oxygens (including phenoxy) is 2. The Bertz CT molecular complexity index is 972. The number of benzene rings is 2. The first-order chi connectivity index (χ1) is 16.2. The first-order valence-electron chi connectivity index (χ1n) is 12.1. The van der Waals surface area contributed by atoms with Crippen molar-refractivity contribution in [1.82, 2.24) is 0 Å². The highest BCUT2D eigenvalue weighted by atomic mass is 16.6. The van der Waals surface area contributed by atoms with Gasteiger partial charge in [0.2, 0.25) is 5.90 Å². The number of nitrogens with zero attached hydrogens (tertiary/aromatic N) is 1. The van der Waals surface area contributed by atoms with Gasteiger partial charge < -0.3 is 9.47 Å². The summed E-state index contributed by atoms with van der Waals surface area (Å²) in [5.74, 6) is 0.721. The molecular formula is C29H35NO3. The standard InChI is InChI=1S/C29H35NO3/c1-3-4-5-6-7-8-9-13-20-32-26-18-16-25(17-19-26)28-30-27(29(31)33-28)22-23(2)21-24-14-11-10-12-15-24/h10-12,14-19,21-22H,3-9,13,20H2,1-2H3. The van der Waals surface area contributed by atoms with E-state index in [-0.39, 0.29) is 0 Å². The maximum Gasteiger partial charge on any atom is 0.363 e. The first-order valence-corrected chi connectivity index (χ1v) is 12.1. The zero-order valence-electron chi connectivity index (χ0n) is 19.9. The summed E-state index contributed by atoms with van der Waals surface area (Å²) in [5, 5.41) is 0. The highest BCUT2D eigenvalue weighted by Gasteiger charge is 2.24. The Hall–Kier alpha value is -3.14. The Morgan fingerprint density at radius 3 is 2.27 bits per heavy atom. The van der Waals surface area contributed by atoms with Crippen molar-refractivity contribution in [3.05, 3.63) is 83.1 Å². The molecule has 0 saturated heterocycles. The van der Waals surface area contributed by atoms with Gasteiger partial charge in [-0.25, -0.2) is 9.79 Å². The minimum atomic E-state index is -0.430. The molecule has 0 unspecified atom stereocenters. The molecule has 1 heterocycles. The Morgan fingerprint density at radius 1 is 0.909 bits per heavy atom. The second-order valence-corrected chi connectivity index (χ2v) is 8.48. The third-order valence-electron chi connectivity index (χ3n) is 5.55. The quantitative estimate of drug-likeness (QED) is 0.182. The molecule has 0 amide bonds. The van der Waals surface area contributed by atoms with Gasteiger partial charge in [-0.2, -0.15) is 0 Å². The number of carbonyl (C=O) groups excluding carboxylic acids is 1. The average Bonchev–Trinajstić information content (AvgIpc) is 3.19. The summed E-state index contributed by atoms with van der Waals surface area (Å²) in [6, 6.07) is 17.5. The van der Waals surface area contributed by atoms with Gasteiger partial charge in [-0.15, -0.1) is 0 Å². The van der Waals surface area contributed by atoms with Gasteiger partial charge in [-0.1, -0.05) is 88.3 Å². The molecule has 1 aliphatic heterocycles. The SMILES string of the molecule is CCCCCCCCCCOc1ccc(C2=NC(=CC(C)=Cc3ccccc3)C(=O)O2)cc1. The molecule has 3 rings (SSSR count). The summed E-state index contributed by atoms with van der Waals surface area (Å²) in [7, 11) is 0. The minimum absolute atomic E-state index is 0.310. The van der Waals surface area contributed by atoms with Crippen LogP contribution in [0.25, 0.3) is 6.08 Å². The molecule has 0 N–H and O–H groups in total. The van der Waals surface area contributed by atoms with Crippen molar-refractivity contribution in [1.29, 1.82) is 0 Å². The Kier molecular flexibility index (Phi) is 9.96. The lowest BCUT2D eigenvalue weighted by atomic mass is 10.1. The Labute approximate surface area is 198 Å². The molecular weight excluding hydrogens is 410 g/mol. The van der Waals surface area contributed by atoms with Gasteiger partial charge in [-0.05, 0) is 54.8 Å². The van der Waals surface area contributed by atoms with E-state index in [0.717, 1.165) is 35.5 Å². The van der Waals surface area contributed by atoms with E-state index >= 15 is 0 Å². The van der Waals surface area contributed by atoms with Crippen molar-refractivity contribution in [3.8, 4) is 5.75 Å². The van der Waals surface area contributed by atoms with Crippen LogP contribution in [0, 0.1) is 0 Å². The second-order valence-electron chi connectivity index (χ2n) is 8.48. The van der Waals surface area contributed by atoms with Crippen molar-refractivity contribution >= 4 is 17.9 Å². The maximum absolute atomic E-state index is 12.3. The highest BCUT2D eigenvalue weighted by Crippen LogP contribution is 2.21. The summed E-state index contributed by atoms with van der Waals surface area (Å²) in [4.78, 5) is 16.7. The summed E-state index contributed by atoms with van der Waals surface area (Å²) in [6.07, 6.45) is 14.0. The van der Waals surface area contributed by atoms with E-state index in [4.69, 9.17) is 9.47 Å². The molecule has 0 spiro atoms. The molecule has 0 fully saturated rings. The molecule has 0 saturated carbocycles. The van der Waals surface area contributed by atoms with Crippen molar-refractivity contribution in [2.75, 3.05) is 6.61 Å². The van der Waals surface area contributed by atoms with Crippen LogP contribution in [0.4, 0.5) is 0 Å². The molecule has 174 valence electrons. The van der Waals surface area contributed by atoms with Crippen LogP contribution in [0.15, 0.2) is 76.9 Å². The predicted octanol–water partition coefficient (Wildman–Crippen LogP) is 7.50. The van der Waals surface area contributed by atoms with E-state index < -0.39 is 5.97 Å². The van der Waals surface area contributed by atoms with Crippen LogP contribution >= 0.6 is 0 Å². The lowest BCUT2D eigenvalue weighted by Gasteiger charge is -2.07. The molecule has 0 atom stereocenters. The van der Waals surface area contributed by atoms with Crippen molar-refractivity contribution in [3.63, 3.8) is 0 Å². The average molecular weight is 446 g/mol. The largest absolute Gasteiger partial charge is 0.494 e. The minimum Gasteiger partial charge on any atom is -0.494 e. The Balaban J connectivity index is 1.47. The normalized spacial score (nSPS) is 15.0. The monoisotopic (exact) mass is 445 g/mol. The number of allylic oxidation sites excluding steroid dienone is 2. The van der Waals surface area contributed by atoms with E-state index in [1.165, 1.54) is 44.9 Å².